The molecule has 9 rings (SSSR count). The van der Waals surface area contributed by atoms with Crippen LogP contribution in [-0.2, 0) is 6.42 Å². The summed E-state index contributed by atoms with van der Waals surface area (Å²) in [6.07, 6.45) is 3.22. The standard InChI is InChI=1S/C49H34S.H4N2/c1-3-13-35(14-4-1)36-25-27-39(28-26-36)43(37-15-5-2-6-16-37)30-24-34-12-9-18-40(32-34)41-19-10-20-42(33-41)45-22-11-23-46-47-31-29-38-17-7-8-21-44(38)48(47)50-49(45)46;1-2/h1-23,25-33H,24H2;1-2H2/b43-30+;. The second-order valence-corrected chi connectivity index (χ2v) is 13.9. The summed E-state index contributed by atoms with van der Waals surface area (Å²) in [5.41, 5.74) is 12.5. The van der Waals surface area contributed by atoms with Gasteiger partial charge in [0.05, 0.1) is 0 Å². The Hall–Kier alpha value is -6.10. The lowest BCUT2D eigenvalue weighted by atomic mass is 9.93. The molecular weight excluding hydrogens is 649 g/mol. The van der Waals surface area contributed by atoms with Gasteiger partial charge in [-0.3, -0.25) is 11.7 Å². The van der Waals surface area contributed by atoms with E-state index in [2.05, 4.69) is 206 Å². The third-order valence-corrected chi connectivity index (χ3v) is 11.0. The molecule has 1 aromatic heterocycles. The molecular formula is C49H38N2S. The number of hydrazine groups is 1. The zero-order valence-electron chi connectivity index (χ0n) is 28.7. The smallest absolute Gasteiger partial charge is 0.0434 e. The molecule has 0 amide bonds. The summed E-state index contributed by atoms with van der Waals surface area (Å²) in [6, 6.07) is 68.4. The van der Waals surface area contributed by atoms with Gasteiger partial charge in [0.25, 0.3) is 0 Å². The molecule has 250 valence electrons. The maximum absolute atomic E-state index is 4.00. The van der Waals surface area contributed by atoms with Gasteiger partial charge in [0.1, 0.15) is 0 Å². The molecule has 0 unspecified atom stereocenters. The highest BCUT2D eigenvalue weighted by molar-refractivity contribution is 7.27. The molecule has 8 aromatic carbocycles. The van der Waals surface area contributed by atoms with E-state index < -0.39 is 0 Å². The molecule has 0 saturated heterocycles. The highest BCUT2D eigenvalue weighted by atomic mass is 32.1. The van der Waals surface area contributed by atoms with Gasteiger partial charge in [-0.1, -0.05) is 188 Å². The highest BCUT2D eigenvalue weighted by Gasteiger charge is 2.13. The second-order valence-electron chi connectivity index (χ2n) is 12.9. The summed E-state index contributed by atoms with van der Waals surface area (Å²) >= 11 is 1.92. The van der Waals surface area contributed by atoms with E-state index >= 15 is 0 Å². The Morgan fingerprint density at radius 3 is 1.81 bits per heavy atom. The first-order chi connectivity index (χ1) is 25.8. The lowest BCUT2D eigenvalue weighted by molar-refractivity contribution is 1.26. The minimum Gasteiger partial charge on any atom is -0.274 e. The summed E-state index contributed by atoms with van der Waals surface area (Å²) in [6.45, 7) is 0. The lowest BCUT2D eigenvalue weighted by Gasteiger charge is -2.11. The molecule has 0 bridgehead atoms. The molecule has 0 radical (unpaired) electrons. The van der Waals surface area contributed by atoms with Gasteiger partial charge in [-0.2, -0.15) is 0 Å². The number of allylic oxidation sites excluding steroid dienone is 1. The Kier molecular flexibility index (Phi) is 9.55. The van der Waals surface area contributed by atoms with Gasteiger partial charge in [0.2, 0.25) is 0 Å². The maximum Gasteiger partial charge on any atom is 0.0434 e. The van der Waals surface area contributed by atoms with Crippen LogP contribution in [0.25, 0.3) is 69.9 Å². The van der Waals surface area contributed by atoms with Gasteiger partial charge in [-0.25, -0.2) is 0 Å². The van der Waals surface area contributed by atoms with Crippen LogP contribution < -0.4 is 11.7 Å². The first kappa shape index (κ1) is 33.1. The fourth-order valence-corrected chi connectivity index (χ4v) is 8.58. The van der Waals surface area contributed by atoms with E-state index in [0.717, 1.165) is 6.42 Å². The second kappa shape index (κ2) is 15.0. The van der Waals surface area contributed by atoms with Crippen molar-refractivity contribution >= 4 is 47.9 Å². The van der Waals surface area contributed by atoms with Crippen molar-refractivity contribution in [2.24, 2.45) is 11.7 Å². The molecule has 4 N–H and O–H groups in total. The first-order valence-electron chi connectivity index (χ1n) is 17.6. The van der Waals surface area contributed by atoms with Crippen molar-refractivity contribution < 1.29 is 0 Å². The number of hydrogen-bond donors (Lipinski definition) is 2. The minimum atomic E-state index is 0.841. The van der Waals surface area contributed by atoms with E-state index in [1.165, 1.54) is 86.6 Å². The van der Waals surface area contributed by atoms with Crippen LogP contribution in [0.1, 0.15) is 16.7 Å². The van der Waals surface area contributed by atoms with Gasteiger partial charge < -0.3 is 0 Å². The predicted octanol–water partition coefficient (Wildman–Crippen LogP) is 12.7. The fourth-order valence-electron chi connectivity index (χ4n) is 7.21. The molecule has 0 aliphatic rings. The van der Waals surface area contributed by atoms with E-state index in [4.69, 9.17) is 0 Å². The van der Waals surface area contributed by atoms with Crippen molar-refractivity contribution in [3.05, 3.63) is 211 Å². The molecule has 2 nitrogen and oxygen atoms in total. The monoisotopic (exact) mass is 686 g/mol. The fraction of sp³-hybridized carbons (Fsp3) is 0.0204. The van der Waals surface area contributed by atoms with Gasteiger partial charge >= 0.3 is 0 Å². The molecule has 3 heteroatoms. The molecule has 0 saturated carbocycles. The Morgan fingerprint density at radius 1 is 0.423 bits per heavy atom. The summed E-state index contributed by atoms with van der Waals surface area (Å²) in [5, 5.41) is 5.29. The predicted molar refractivity (Wildman–Crippen MR) is 225 cm³/mol. The number of benzene rings is 8. The number of rotatable bonds is 7. The van der Waals surface area contributed by atoms with Crippen LogP contribution in [0.2, 0.25) is 0 Å². The summed E-state index contributed by atoms with van der Waals surface area (Å²) < 4.78 is 2.71. The number of fused-ring (bicyclic) bond motifs is 5. The first-order valence-corrected chi connectivity index (χ1v) is 18.4. The molecule has 0 fully saturated rings. The van der Waals surface area contributed by atoms with Crippen LogP contribution in [0.5, 0.6) is 0 Å². The molecule has 0 atom stereocenters. The lowest BCUT2D eigenvalue weighted by Crippen LogP contribution is -2.02. The van der Waals surface area contributed by atoms with E-state index in [9.17, 15) is 0 Å². The van der Waals surface area contributed by atoms with Crippen LogP contribution in [0.4, 0.5) is 0 Å². The summed E-state index contributed by atoms with van der Waals surface area (Å²) in [5.74, 6) is 8.00. The molecule has 0 aliphatic carbocycles. The quantitative estimate of drug-likeness (QED) is 0.129. The number of hydrogen-bond acceptors (Lipinski definition) is 3. The SMILES string of the molecule is C(/Cc1cccc(-c2cccc(-c3cccc4c3sc3c5ccccc5ccc43)c2)c1)=C(/c1ccccc1)c1ccc(-c2ccccc2)cc1.NN. The minimum absolute atomic E-state index is 0.841. The number of nitrogens with two attached hydrogens (primary N) is 2. The van der Waals surface area contributed by atoms with Gasteiger partial charge in [-0.05, 0) is 78.9 Å². The van der Waals surface area contributed by atoms with Crippen molar-refractivity contribution in [2.75, 3.05) is 0 Å². The van der Waals surface area contributed by atoms with Gasteiger partial charge in [0.15, 0.2) is 0 Å². The van der Waals surface area contributed by atoms with Crippen molar-refractivity contribution in [1.29, 1.82) is 0 Å². The van der Waals surface area contributed by atoms with Crippen molar-refractivity contribution in [3.8, 4) is 33.4 Å². The molecule has 1 heterocycles. The van der Waals surface area contributed by atoms with Crippen molar-refractivity contribution in [2.45, 2.75) is 6.42 Å². The van der Waals surface area contributed by atoms with Crippen molar-refractivity contribution in [1.82, 2.24) is 0 Å². The topological polar surface area (TPSA) is 52.0 Å². The Balaban J connectivity index is 0.00000190. The Labute approximate surface area is 308 Å². The van der Waals surface area contributed by atoms with Crippen LogP contribution in [0.15, 0.2) is 194 Å². The molecule has 0 aliphatic heterocycles. The van der Waals surface area contributed by atoms with Crippen LogP contribution in [-0.4, -0.2) is 0 Å². The van der Waals surface area contributed by atoms with E-state index in [1.54, 1.807) is 0 Å². The van der Waals surface area contributed by atoms with Crippen LogP contribution in [0, 0.1) is 0 Å². The zero-order chi connectivity index (χ0) is 35.3. The third kappa shape index (κ3) is 6.57. The van der Waals surface area contributed by atoms with E-state index in [0.29, 0.717) is 0 Å². The Morgan fingerprint density at radius 2 is 1.00 bits per heavy atom. The Bertz CT molecular complexity index is 2650. The van der Waals surface area contributed by atoms with Crippen LogP contribution in [0.3, 0.4) is 0 Å². The molecule has 9 aromatic rings. The van der Waals surface area contributed by atoms with Crippen LogP contribution >= 0.6 is 11.3 Å². The normalized spacial score (nSPS) is 11.5. The number of thiophene rings is 1. The molecule has 0 spiro atoms. The van der Waals surface area contributed by atoms with Gasteiger partial charge in [0, 0.05) is 20.2 Å². The zero-order valence-corrected chi connectivity index (χ0v) is 29.6. The molecule has 52 heavy (non-hydrogen) atoms. The summed E-state index contributed by atoms with van der Waals surface area (Å²) in [7, 11) is 0. The van der Waals surface area contributed by atoms with Gasteiger partial charge in [-0.15, -0.1) is 11.3 Å². The summed E-state index contributed by atoms with van der Waals surface area (Å²) in [4.78, 5) is 0. The van der Waals surface area contributed by atoms with E-state index in [1.807, 2.05) is 11.3 Å². The largest absolute Gasteiger partial charge is 0.274 e. The third-order valence-electron chi connectivity index (χ3n) is 9.75. The van der Waals surface area contributed by atoms with E-state index in [-0.39, 0.29) is 0 Å². The average Bonchev–Trinajstić information content (AvgIpc) is 3.62. The van der Waals surface area contributed by atoms with Crippen molar-refractivity contribution in [3.63, 3.8) is 0 Å². The maximum atomic E-state index is 4.00. The average molecular weight is 687 g/mol. The highest BCUT2D eigenvalue weighted by Crippen LogP contribution is 2.43.